The molecule has 0 aromatic carbocycles. The molecule has 1 aliphatic rings. The molecule has 1 unspecified atom stereocenters. The van der Waals surface area contributed by atoms with Crippen LogP contribution in [0.3, 0.4) is 0 Å². The first-order valence-corrected chi connectivity index (χ1v) is 9.01. The fraction of sp³-hybridized carbons (Fsp3) is 1.00. The topological polar surface area (TPSA) is 21.7 Å². The Kier molecular flexibility index (Phi) is 10.9. The van der Waals surface area contributed by atoms with Crippen molar-refractivity contribution in [3.8, 4) is 0 Å². The monoisotopic (exact) mass is 289 g/mol. The van der Waals surface area contributed by atoms with E-state index in [1.54, 1.807) is 0 Å². The second-order valence-electron chi connectivity index (χ2n) is 5.22. The van der Waals surface area contributed by atoms with Gasteiger partial charge in [-0.05, 0) is 18.6 Å². The van der Waals surface area contributed by atoms with E-state index >= 15 is 0 Å². The Balaban J connectivity index is 2.15. The van der Waals surface area contributed by atoms with Crippen molar-refractivity contribution < 1.29 is 9.47 Å². The van der Waals surface area contributed by atoms with Crippen LogP contribution in [0.2, 0.25) is 0 Å². The minimum atomic E-state index is 0.435. The molecule has 3 nitrogen and oxygen atoms in total. The van der Waals surface area contributed by atoms with Crippen LogP contribution in [0.15, 0.2) is 0 Å². The largest absolute Gasteiger partial charge is 0.379 e. The third kappa shape index (κ3) is 8.90. The van der Waals surface area contributed by atoms with Gasteiger partial charge >= 0.3 is 0 Å². The zero-order valence-corrected chi connectivity index (χ0v) is 13.6. The van der Waals surface area contributed by atoms with Gasteiger partial charge < -0.3 is 9.47 Å². The minimum absolute atomic E-state index is 0.435. The Morgan fingerprint density at radius 1 is 1.16 bits per heavy atom. The molecule has 0 saturated carbocycles. The molecule has 0 N–H and O–H groups in total. The van der Waals surface area contributed by atoms with Crippen LogP contribution in [-0.2, 0) is 9.47 Å². The van der Waals surface area contributed by atoms with Gasteiger partial charge in [-0.1, -0.05) is 33.1 Å². The van der Waals surface area contributed by atoms with Crippen LogP contribution in [0, 0.1) is 0 Å². The standard InChI is InChI=1S/C15H31NO2S/c1-3-5-7-15(13-19-12-6-4-2)18-14-16-8-10-17-11-9-16/h15H,3-14H2,1-2H3. The molecule has 1 heterocycles. The summed E-state index contributed by atoms with van der Waals surface area (Å²) in [6.45, 7) is 9.04. The molecule has 0 spiro atoms. The molecule has 1 aliphatic heterocycles. The average Bonchev–Trinajstić information content (AvgIpc) is 2.46. The number of hydrogen-bond acceptors (Lipinski definition) is 4. The van der Waals surface area contributed by atoms with Gasteiger partial charge in [-0.2, -0.15) is 11.8 Å². The Bertz CT molecular complexity index is 199. The summed E-state index contributed by atoms with van der Waals surface area (Å²) in [5.74, 6) is 2.43. The van der Waals surface area contributed by atoms with Crippen LogP contribution in [-0.4, -0.2) is 55.5 Å². The number of hydrogen-bond donors (Lipinski definition) is 0. The first-order chi connectivity index (χ1) is 9.36. The molecule has 0 radical (unpaired) electrons. The minimum Gasteiger partial charge on any atom is -0.379 e. The van der Waals surface area contributed by atoms with Crippen molar-refractivity contribution in [2.24, 2.45) is 0 Å². The zero-order valence-electron chi connectivity index (χ0n) is 12.7. The highest BCUT2D eigenvalue weighted by Gasteiger charge is 2.14. The highest BCUT2D eigenvalue weighted by Crippen LogP contribution is 2.14. The van der Waals surface area contributed by atoms with E-state index < -0.39 is 0 Å². The lowest BCUT2D eigenvalue weighted by Gasteiger charge is -2.28. The second-order valence-corrected chi connectivity index (χ2v) is 6.37. The summed E-state index contributed by atoms with van der Waals surface area (Å²) in [6, 6.07) is 0. The first kappa shape index (κ1) is 17.3. The van der Waals surface area contributed by atoms with Gasteiger partial charge in [-0.15, -0.1) is 0 Å². The van der Waals surface area contributed by atoms with Gasteiger partial charge in [-0.25, -0.2) is 0 Å². The molecule has 1 rings (SSSR count). The molecule has 19 heavy (non-hydrogen) atoms. The Morgan fingerprint density at radius 2 is 1.89 bits per heavy atom. The van der Waals surface area contributed by atoms with Crippen molar-refractivity contribution in [1.29, 1.82) is 0 Å². The number of unbranched alkanes of at least 4 members (excludes halogenated alkanes) is 2. The van der Waals surface area contributed by atoms with Crippen molar-refractivity contribution in [2.45, 2.75) is 52.1 Å². The summed E-state index contributed by atoms with van der Waals surface area (Å²) in [5.41, 5.74) is 0. The number of rotatable bonds is 11. The quantitative estimate of drug-likeness (QED) is 0.544. The van der Waals surface area contributed by atoms with E-state index in [1.807, 2.05) is 0 Å². The molecule has 0 aromatic heterocycles. The van der Waals surface area contributed by atoms with Crippen molar-refractivity contribution in [1.82, 2.24) is 4.90 Å². The number of morpholine rings is 1. The van der Waals surface area contributed by atoms with Crippen molar-refractivity contribution in [3.63, 3.8) is 0 Å². The maximum atomic E-state index is 6.11. The fourth-order valence-electron chi connectivity index (χ4n) is 2.05. The van der Waals surface area contributed by atoms with Gasteiger partial charge in [0.25, 0.3) is 0 Å². The lowest BCUT2D eigenvalue weighted by Crippen LogP contribution is -2.39. The van der Waals surface area contributed by atoms with Gasteiger partial charge in [0.2, 0.25) is 0 Å². The van der Waals surface area contributed by atoms with E-state index in [1.165, 1.54) is 37.9 Å². The van der Waals surface area contributed by atoms with E-state index in [2.05, 4.69) is 30.5 Å². The molecular formula is C15H31NO2S. The zero-order chi connectivity index (χ0) is 13.8. The smallest absolute Gasteiger partial charge is 0.0995 e. The molecule has 0 aliphatic carbocycles. The SMILES string of the molecule is CCCCSCC(CCCC)OCN1CCOCC1. The summed E-state index contributed by atoms with van der Waals surface area (Å²) < 4.78 is 11.5. The van der Waals surface area contributed by atoms with E-state index in [0.29, 0.717) is 6.10 Å². The van der Waals surface area contributed by atoms with Crippen molar-refractivity contribution in [2.75, 3.05) is 44.5 Å². The van der Waals surface area contributed by atoms with Gasteiger partial charge in [0.05, 0.1) is 26.0 Å². The second kappa shape index (κ2) is 12.0. The summed E-state index contributed by atoms with van der Waals surface area (Å²) in [6.07, 6.45) is 6.80. The molecule has 1 saturated heterocycles. The van der Waals surface area contributed by atoms with Gasteiger partial charge in [-0.3, -0.25) is 4.90 Å². The van der Waals surface area contributed by atoms with E-state index in [9.17, 15) is 0 Å². The third-order valence-corrected chi connectivity index (χ3v) is 4.61. The maximum absolute atomic E-state index is 6.11. The number of nitrogens with zero attached hydrogens (tertiary/aromatic N) is 1. The lowest BCUT2D eigenvalue weighted by atomic mass is 10.2. The maximum Gasteiger partial charge on any atom is 0.0995 e. The molecule has 1 fully saturated rings. The normalized spacial score (nSPS) is 18.6. The Labute approximate surface area is 123 Å². The first-order valence-electron chi connectivity index (χ1n) is 7.86. The van der Waals surface area contributed by atoms with Crippen LogP contribution in [0.4, 0.5) is 0 Å². The molecule has 0 amide bonds. The molecule has 4 heteroatoms. The van der Waals surface area contributed by atoms with Crippen LogP contribution in [0.1, 0.15) is 46.0 Å². The molecule has 0 aromatic rings. The lowest BCUT2D eigenvalue weighted by molar-refractivity contribution is -0.0565. The van der Waals surface area contributed by atoms with Crippen LogP contribution >= 0.6 is 11.8 Å². The highest BCUT2D eigenvalue weighted by molar-refractivity contribution is 7.99. The van der Waals surface area contributed by atoms with Crippen LogP contribution in [0.5, 0.6) is 0 Å². The molecule has 0 bridgehead atoms. The predicted octanol–water partition coefficient (Wildman–Crippen LogP) is 3.38. The van der Waals surface area contributed by atoms with E-state index in [0.717, 1.165) is 38.8 Å². The van der Waals surface area contributed by atoms with Gasteiger partial charge in [0.1, 0.15) is 0 Å². The summed E-state index contributed by atoms with van der Waals surface area (Å²) >= 11 is 2.05. The number of thioether (sulfide) groups is 1. The fourth-order valence-corrected chi connectivity index (χ4v) is 3.23. The summed E-state index contributed by atoms with van der Waals surface area (Å²) in [7, 11) is 0. The van der Waals surface area contributed by atoms with Gasteiger partial charge in [0, 0.05) is 18.8 Å². The molecular weight excluding hydrogens is 258 g/mol. The third-order valence-electron chi connectivity index (χ3n) is 3.42. The average molecular weight is 289 g/mol. The highest BCUT2D eigenvalue weighted by atomic mass is 32.2. The predicted molar refractivity (Wildman–Crippen MR) is 83.9 cm³/mol. The molecule has 114 valence electrons. The molecule has 1 atom stereocenters. The van der Waals surface area contributed by atoms with Crippen LogP contribution < -0.4 is 0 Å². The Morgan fingerprint density at radius 3 is 2.58 bits per heavy atom. The van der Waals surface area contributed by atoms with Crippen LogP contribution in [0.25, 0.3) is 0 Å². The van der Waals surface area contributed by atoms with E-state index in [-0.39, 0.29) is 0 Å². The summed E-state index contributed by atoms with van der Waals surface area (Å²) in [4.78, 5) is 2.36. The van der Waals surface area contributed by atoms with Gasteiger partial charge in [0.15, 0.2) is 0 Å². The van der Waals surface area contributed by atoms with Crippen molar-refractivity contribution >= 4 is 11.8 Å². The number of ether oxygens (including phenoxy) is 2. The Hall–Kier alpha value is 0.230. The van der Waals surface area contributed by atoms with E-state index in [4.69, 9.17) is 9.47 Å². The summed E-state index contributed by atoms with van der Waals surface area (Å²) in [5, 5.41) is 0. The van der Waals surface area contributed by atoms with Crippen molar-refractivity contribution in [3.05, 3.63) is 0 Å².